The molecule has 0 spiro atoms. The van der Waals surface area contributed by atoms with E-state index in [1.54, 1.807) is 0 Å². The third-order valence-corrected chi connectivity index (χ3v) is 6.32. The quantitative estimate of drug-likeness (QED) is 0.445. The number of nitrogens with zero attached hydrogens (tertiary/aromatic N) is 2. The number of unbranched alkanes of at least 4 members (excludes halogenated alkanes) is 5. The number of fused-ring (bicyclic) bond motifs is 1. The summed E-state index contributed by atoms with van der Waals surface area (Å²) in [6.07, 6.45) is 15.6. The van der Waals surface area contributed by atoms with Crippen LogP contribution in [0.1, 0.15) is 89.8 Å². The summed E-state index contributed by atoms with van der Waals surface area (Å²) in [6.45, 7) is 4.08. The Bertz CT molecular complexity index is 746. The molecular weight excluding hydrogens is 358 g/mol. The molecule has 160 valence electrons. The maximum Gasteiger partial charge on any atom is 0.223 e. The maximum atomic E-state index is 12.3. The molecule has 4 nitrogen and oxygen atoms in total. The van der Waals surface area contributed by atoms with Gasteiger partial charge in [-0.2, -0.15) is 0 Å². The van der Waals surface area contributed by atoms with Crippen LogP contribution in [0.25, 0.3) is 11.0 Å². The van der Waals surface area contributed by atoms with Crippen molar-refractivity contribution in [3.05, 3.63) is 30.1 Å². The summed E-state index contributed by atoms with van der Waals surface area (Å²) in [5.74, 6) is 1.69. The molecule has 1 aliphatic rings. The molecule has 2 aromatic rings. The van der Waals surface area contributed by atoms with Crippen molar-refractivity contribution in [2.75, 3.05) is 6.54 Å². The number of hydrogen-bond donors (Lipinski definition) is 1. The summed E-state index contributed by atoms with van der Waals surface area (Å²) in [6, 6.07) is 8.48. The van der Waals surface area contributed by atoms with Gasteiger partial charge in [0.05, 0.1) is 11.0 Å². The zero-order valence-electron chi connectivity index (χ0n) is 18.3. The molecule has 0 bridgehead atoms. The first-order valence-electron chi connectivity index (χ1n) is 12.0. The Labute approximate surface area is 176 Å². The highest BCUT2D eigenvalue weighted by Crippen LogP contribution is 2.23. The fraction of sp³-hybridized carbons (Fsp3) is 0.680. The summed E-state index contributed by atoms with van der Waals surface area (Å²) in [5.41, 5.74) is 2.35. The van der Waals surface area contributed by atoms with Crippen molar-refractivity contribution in [3.8, 4) is 0 Å². The minimum atomic E-state index is 0.251. The standard InChI is InChI=1S/C25H39N3O/c1-2-3-4-5-6-12-20-28-23-17-11-10-16-22(23)27-24(28)18-13-19-26-25(29)21-14-8-7-9-15-21/h10-11,16-17,21H,2-9,12-15,18-20H2,1H3,(H,26,29). The van der Waals surface area contributed by atoms with Crippen LogP contribution >= 0.6 is 0 Å². The number of aromatic nitrogens is 2. The van der Waals surface area contributed by atoms with Gasteiger partial charge in [-0.1, -0.05) is 70.4 Å². The Morgan fingerprint density at radius 3 is 2.62 bits per heavy atom. The highest BCUT2D eigenvalue weighted by Gasteiger charge is 2.20. The Morgan fingerprint density at radius 2 is 1.79 bits per heavy atom. The minimum absolute atomic E-state index is 0.251. The van der Waals surface area contributed by atoms with Crippen LogP contribution in [0.2, 0.25) is 0 Å². The topological polar surface area (TPSA) is 46.9 Å². The molecule has 3 rings (SSSR count). The Morgan fingerprint density at radius 1 is 1.03 bits per heavy atom. The highest BCUT2D eigenvalue weighted by atomic mass is 16.1. The highest BCUT2D eigenvalue weighted by molar-refractivity contribution is 5.78. The van der Waals surface area contributed by atoms with Gasteiger partial charge < -0.3 is 9.88 Å². The van der Waals surface area contributed by atoms with Gasteiger partial charge in [0.2, 0.25) is 5.91 Å². The predicted molar refractivity (Wildman–Crippen MR) is 121 cm³/mol. The molecule has 1 aromatic carbocycles. The number of carbonyl (C=O) groups is 1. The first kappa shape index (κ1) is 21.9. The van der Waals surface area contributed by atoms with Gasteiger partial charge in [-0.05, 0) is 37.8 Å². The number of rotatable bonds is 12. The molecule has 0 atom stereocenters. The lowest BCUT2D eigenvalue weighted by atomic mass is 9.89. The van der Waals surface area contributed by atoms with Crippen molar-refractivity contribution >= 4 is 16.9 Å². The second-order valence-corrected chi connectivity index (χ2v) is 8.67. The van der Waals surface area contributed by atoms with Crippen LogP contribution < -0.4 is 5.32 Å². The van der Waals surface area contributed by atoms with E-state index in [-0.39, 0.29) is 11.8 Å². The van der Waals surface area contributed by atoms with Crippen LogP contribution in [-0.2, 0) is 17.8 Å². The van der Waals surface area contributed by atoms with Gasteiger partial charge in [0.1, 0.15) is 5.82 Å². The minimum Gasteiger partial charge on any atom is -0.356 e. The molecule has 29 heavy (non-hydrogen) atoms. The largest absolute Gasteiger partial charge is 0.356 e. The maximum absolute atomic E-state index is 12.3. The molecule has 1 saturated carbocycles. The number of hydrogen-bond acceptors (Lipinski definition) is 2. The Hall–Kier alpha value is -1.84. The first-order chi connectivity index (χ1) is 14.3. The third kappa shape index (κ3) is 6.58. The zero-order valence-corrected chi connectivity index (χ0v) is 18.3. The van der Waals surface area contributed by atoms with Crippen LogP contribution in [0.4, 0.5) is 0 Å². The number of carbonyl (C=O) groups excluding carboxylic acids is 1. The van der Waals surface area contributed by atoms with Crippen LogP contribution in [-0.4, -0.2) is 22.0 Å². The van der Waals surface area contributed by atoms with Crippen LogP contribution in [0, 0.1) is 5.92 Å². The third-order valence-electron chi connectivity index (χ3n) is 6.32. The smallest absolute Gasteiger partial charge is 0.223 e. The fourth-order valence-electron chi connectivity index (χ4n) is 4.58. The van der Waals surface area contributed by atoms with Gasteiger partial charge in [0.25, 0.3) is 0 Å². The molecule has 0 aliphatic heterocycles. The van der Waals surface area contributed by atoms with E-state index in [0.29, 0.717) is 0 Å². The molecule has 0 unspecified atom stereocenters. The summed E-state index contributed by atoms with van der Waals surface area (Å²) in [7, 11) is 0. The first-order valence-corrected chi connectivity index (χ1v) is 12.0. The van der Waals surface area contributed by atoms with Gasteiger partial charge in [-0.3, -0.25) is 4.79 Å². The summed E-state index contributed by atoms with van der Waals surface area (Å²) in [4.78, 5) is 17.2. The normalized spacial score (nSPS) is 15.1. The van der Waals surface area contributed by atoms with Crippen molar-refractivity contribution in [2.45, 2.75) is 96.9 Å². The van der Waals surface area contributed by atoms with Gasteiger partial charge in [-0.25, -0.2) is 4.98 Å². The van der Waals surface area contributed by atoms with Crippen molar-refractivity contribution in [3.63, 3.8) is 0 Å². The van der Waals surface area contributed by atoms with Crippen molar-refractivity contribution < 1.29 is 4.79 Å². The van der Waals surface area contributed by atoms with Crippen molar-refractivity contribution in [1.82, 2.24) is 14.9 Å². The van der Waals surface area contributed by atoms with E-state index in [9.17, 15) is 4.79 Å². The average molecular weight is 398 g/mol. The summed E-state index contributed by atoms with van der Waals surface area (Å²) in [5, 5.41) is 3.17. The van der Waals surface area contributed by atoms with Crippen LogP contribution in [0.5, 0.6) is 0 Å². The van der Waals surface area contributed by atoms with Crippen molar-refractivity contribution in [1.29, 1.82) is 0 Å². The van der Waals surface area contributed by atoms with Gasteiger partial charge >= 0.3 is 0 Å². The number of amides is 1. The van der Waals surface area contributed by atoms with Gasteiger partial charge in [0.15, 0.2) is 0 Å². The van der Waals surface area contributed by atoms with E-state index in [4.69, 9.17) is 4.98 Å². The molecule has 1 amide bonds. The Kier molecular flexibility index (Phi) is 9.04. The van der Waals surface area contributed by atoms with Crippen molar-refractivity contribution in [2.24, 2.45) is 5.92 Å². The van der Waals surface area contributed by atoms with Crippen LogP contribution in [0.15, 0.2) is 24.3 Å². The second kappa shape index (κ2) is 12.0. The van der Waals surface area contributed by atoms with E-state index in [0.717, 1.165) is 44.3 Å². The number of para-hydroxylation sites is 2. The fourth-order valence-corrected chi connectivity index (χ4v) is 4.58. The molecule has 1 aliphatic carbocycles. The number of aryl methyl sites for hydroxylation is 2. The Balaban J connectivity index is 1.49. The van der Waals surface area contributed by atoms with E-state index >= 15 is 0 Å². The van der Waals surface area contributed by atoms with Crippen LogP contribution in [0.3, 0.4) is 0 Å². The number of nitrogens with one attached hydrogen (secondary N) is 1. The van der Waals surface area contributed by atoms with E-state index in [1.165, 1.54) is 69.1 Å². The molecule has 1 heterocycles. The van der Waals surface area contributed by atoms with E-state index in [1.807, 2.05) is 0 Å². The monoisotopic (exact) mass is 397 g/mol. The molecule has 0 radical (unpaired) electrons. The molecule has 1 fully saturated rings. The molecule has 4 heteroatoms. The predicted octanol–water partition coefficient (Wildman–Crippen LogP) is 6.03. The molecular formula is C25H39N3O. The zero-order chi connectivity index (χ0) is 20.3. The molecule has 1 aromatic heterocycles. The SMILES string of the molecule is CCCCCCCCn1c(CCCNC(=O)C2CCCCC2)nc2ccccc21. The molecule has 0 saturated heterocycles. The average Bonchev–Trinajstić information content (AvgIpc) is 3.11. The lowest BCUT2D eigenvalue weighted by molar-refractivity contribution is -0.125. The summed E-state index contributed by atoms with van der Waals surface area (Å²) >= 11 is 0. The number of imidazole rings is 1. The number of benzene rings is 1. The van der Waals surface area contributed by atoms with E-state index in [2.05, 4.69) is 41.1 Å². The molecule has 1 N–H and O–H groups in total. The van der Waals surface area contributed by atoms with Gasteiger partial charge in [0, 0.05) is 25.4 Å². The lowest BCUT2D eigenvalue weighted by Crippen LogP contribution is -2.32. The van der Waals surface area contributed by atoms with E-state index < -0.39 is 0 Å². The lowest BCUT2D eigenvalue weighted by Gasteiger charge is -2.20. The summed E-state index contributed by atoms with van der Waals surface area (Å²) < 4.78 is 2.41. The second-order valence-electron chi connectivity index (χ2n) is 8.67. The van der Waals surface area contributed by atoms with Gasteiger partial charge in [-0.15, -0.1) is 0 Å².